The van der Waals surface area contributed by atoms with Crippen molar-refractivity contribution < 1.29 is 0 Å². The molecule has 0 spiro atoms. The Bertz CT molecular complexity index is 422. The summed E-state index contributed by atoms with van der Waals surface area (Å²) >= 11 is 0. The summed E-state index contributed by atoms with van der Waals surface area (Å²) in [6, 6.07) is 9.25. The van der Waals surface area contributed by atoms with Crippen LogP contribution in [0.1, 0.15) is 33.1 Å². The highest BCUT2D eigenvalue weighted by Crippen LogP contribution is 2.25. The molecule has 0 aromatic heterocycles. The van der Waals surface area contributed by atoms with Crippen LogP contribution >= 0.6 is 0 Å². The quantitative estimate of drug-likeness (QED) is 0.862. The van der Waals surface area contributed by atoms with Gasteiger partial charge in [-0.2, -0.15) is 0 Å². The zero-order chi connectivity index (χ0) is 15.2. The number of anilines is 2. The summed E-state index contributed by atoms with van der Waals surface area (Å²) in [4.78, 5) is 4.76. The van der Waals surface area contributed by atoms with Gasteiger partial charge in [-0.3, -0.25) is 0 Å². The number of hydrogen-bond acceptors (Lipinski definition) is 3. The molecule has 0 radical (unpaired) electrons. The molecular weight excluding hydrogens is 258 g/mol. The third-order valence-electron chi connectivity index (χ3n) is 4.64. The molecule has 1 unspecified atom stereocenters. The average Bonchev–Trinajstić information content (AvgIpc) is 2.48. The fraction of sp³-hybridized carbons (Fsp3) is 0.667. The Kier molecular flexibility index (Phi) is 5.92. The molecule has 1 atom stereocenters. The number of benzene rings is 1. The van der Waals surface area contributed by atoms with Gasteiger partial charge in [-0.25, -0.2) is 0 Å². The summed E-state index contributed by atoms with van der Waals surface area (Å²) in [6.45, 7) is 8.40. The molecule has 1 fully saturated rings. The van der Waals surface area contributed by atoms with Gasteiger partial charge in [0.1, 0.15) is 0 Å². The third-order valence-corrected chi connectivity index (χ3v) is 4.64. The maximum absolute atomic E-state index is 3.71. The van der Waals surface area contributed by atoms with E-state index in [2.05, 4.69) is 67.3 Å². The predicted molar refractivity (Wildman–Crippen MR) is 93.3 cm³/mol. The Morgan fingerprint density at radius 1 is 1.29 bits per heavy atom. The summed E-state index contributed by atoms with van der Waals surface area (Å²) in [7, 11) is 4.18. The summed E-state index contributed by atoms with van der Waals surface area (Å²) in [5.41, 5.74) is 2.50. The summed E-state index contributed by atoms with van der Waals surface area (Å²) in [5.74, 6) is 0.793. The molecule has 3 heteroatoms. The molecule has 21 heavy (non-hydrogen) atoms. The Labute approximate surface area is 130 Å². The number of nitrogens with one attached hydrogen (secondary N) is 1. The molecule has 1 saturated heterocycles. The molecule has 1 aromatic carbocycles. The van der Waals surface area contributed by atoms with Crippen LogP contribution in [0.25, 0.3) is 0 Å². The predicted octanol–water partition coefficient (Wildman–Crippen LogP) is 3.68. The lowest BCUT2D eigenvalue weighted by atomic mass is 9.90. The summed E-state index contributed by atoms with van der Waals surface area (Å²) < 4.78 is 0. The molecule has 118 valence electrons. The van der Waals surface area contributed by atoms with E-state index in [9.17, 15) is 0 Å². The van der Waals surface area contributed by atoms with Crippen molar-refractivity contribution in [1.29, 1.82) is 0 Å². The first-order chi connectivity index (χ1) is 10.1. The van der Waals surface area contributed by atoms with Gasteiger partial charge in [0.15, 0.2) is 0 Å². The minimum Gasteiger partial charge on any atom is -0.382 e. The molecule has 1 heterocycles. The van der Waals surface area contributed by atoms with Crippen LogP contribution in [0, 0.1) is 5.92 Å². The molecular formula is C18H31N3. The van der Waals surface area contributed by atoms with E-state index in [1.165, 1.54) is 50.3 Å². The van der Waals surface area contributed by atoms with Crippen LogP contribution in [0.15, 0.2) is 24.3 Å². The first-order valence-corrected chi connectivity index (χ1v) is 8.36. The number of rotatable bonds is 6. The van der Waals surface area contributed by atoms with Crippen molar-refractivity contribution in [1.82, 2.24) is 4.90 Å². The second-order valence-corrected chi connectivity index (χ2v) is 6.56. The van der Waals surface area contributed by atoms with E-state index in [0.717, 1.165) is 5.92 Å². The zero-order valence-electron chi connectivity index (χ0n) is 14.1. The zero-order valence-corrected chi connectivity index (χ0v) is 14.1. The molecule has 0 saturated carbocycles. The smallest absolute Gasteiger partial charge is 0.0381 e. The van der Waals surface area contributed by atoms with E-state index in [-0.39, 0.29) is 0 Å². The van der Waals surface area contributed by atoms with Gasteiger partial charge in [0.25, 0.3) is 0 Å². The standard InChI is InChI=1S/C18H31N3/c1-5-11-21-12-9-16(10-13-21)15(2)19-17-7-6-8-18(14-17)20(3)4/h6-8,14-16,19H,5,9-13H2,1-4H3. The van der Waals surface area contributed by atoms with Crippen LogP contribution in [-0.2, 0) is 0 Å². The Balaban J connectivity index is 1.87. The lowest BCUT2D eigenvalue weighted by molar-refractivity contribution is 0.176. The van der Waals surface area contributed by atoms with Crippen molar-refractivity contribution in [3.05, 3.63) is 24.3 Å². The van der Waals surface area contributed by atoms with Gasteiger partial charge in [-0.15, -0.1) is 0 Å². The topological polar surface area (TPSA) is 18.5 Å². The first kappa shape index (κ1) is 16.2. The highest BCUT2D eigenvalue weighted by Gasteiger charge is 2.23. The van der Waals surface area contributed by atoms with Gasteiger partial charge in [0.05, 0.1) is 0 Å². The normalized spacial score (nSPS) is 18.5. The molecule has 0 amide bonds. The van der Waals surface area contributed by atoms with E-state index >= 15 is 0 Å². The second kappa shape index (κ2) is 7.69. The largest absolute Gasteiger partial charge is 0.382 e. The lowest BCUT2D eigenvalue weighted by Crippen LogP contribution is -2.39. The maximum Gasteiger partial charge on any atom is 0.0381 e. The van der Waals surface area contributed by atoms with Crippen LogP contribution in [0.2, 0.25) is 0 Å². The minimum atomic E-state index is 0.547. The average molecular weight is 289 g/mol. The molecule has 0 bridgehead atoms. The first-order valence-electron chi connectivity index (χ1n) is 8.36. The third kappa shape index (κ3) is 4.63. The Morgan fingerprint density at radius 2 is 2.00 bits per heavy atom. The van der Waals surface area contributed by atoms with E-state index in [4.69, 9.17) is 0 Å². The van der Waals surface area contributed by atoms with Gasteiger partial charge < -0.3 is 15.1 Å². The highest BCUT2D eigenvalue weighted by atomic mass is 15.1. The SMILES string of the molecule is CCCN1CCC(C(C)Nc2cccc(N(C)C)c2)CC1. The summed E-state index contributed by atoms with van der Waals surface area (Å²) in [6.07, 6.45) is 3.92. The molecule has 1 aliphatic rings. The van der Waals surface area contributed by atoms with Crippen LogP contribution in [0.4, 0.5) is 11.4 Å². The monoisotopic (exact) mass is 289 g/mol. The van der Waals surface area contributed by atoms with E-state index < -0.39 is 0 Å². The van der Waals surface area contributed by atoms with Gasteiger partial charge in [-0.05, 0) is 69.9 Å². The van der Waals surface area contributed by atoms with Crippen molar-refractivity contribution in [3.8, 4) is 0 Å². The molecule has 2 rings (SSSR count). The van der Waals surface area contributed by atoms with Gasteiger partial charge >= 0.3 is 0 Å². The molecule has 0 aliphatic carbocycles. The van der Waals surface area contributed by atoms with E-state index in [1.807, 2.05) is 0 Å². The fourth-order valence-corrected chi connectivity index (χ4v) is 3.25. The second-order valence-electron chi connectivity index (χ2n) is 6.56. The van der Waals surface area contributed by atoms with Crippen molar-refractivity contribution >= 4 is 11.4 Å². The number of piperidine rings is 1. The Morgan fingerprint density at radius 3 is 2.62 bits per heavy atom. The van der Waals surface area contributed by atoms with Crippen molar-refractivity contribution in [2.45, 2.75) is 39.2 Å². The Hall–Kier alpha value is -1.22. The van der Waals surface area contributed by atoms with Gasteiger partial charge in [-0.1, -0.05) is 13.0 Å². The van der Waals surface area contributed by atoms with E-state index in [0.29, 0.717) is 6.04 Å². The minimum absolute atomic E-state index is 0.547. The van der Waals surface area contributed by atoms with E-state index in [1.54, 1.807) is 0 Å². The summed E-state index contributed by atoms with van der Waals surface area (Å²) in [5, 5.41) is 3.71. The maximum atomic E-state index is 3.71. The van der Waals surface area contributed by atoms with Crippen LogP contribution < -0.4 is 10.2 Å². The number of likely N-dealkylation sites (tertiary alicyclic amines) is 1. The molecule has 1 aliphatic heterocycles. The highest BCUT2D eigenvalue weighted by molar-refractivity contribution is 5.57. The molecule has 1 N–H and O–H groups in total. The van der Waals surface area contributed by atoms with Crippen molar-refractivity contribution in [2.24, 2.45) is 5.92 Å². The van der Waals surface area contributed by atoms with Crippen LogP contribution in [0.3, 0.4) is 0 Å². The number of nitrogens with zero attached hydrogens (tertiary/aromatic N) is 2. The van der Waals surface area contributed by atoms with Gasteiger partial charge in [0, 0.05) is 31.5 Å². The van der Waals surface area contributed by atoms with Crippen LogP contribution in [-0.4, -0.2) is 44.7 Å². The molecule has 1 aromatic rings. The van der Waals surface area contributed by atoms with Crippen LogP contribution in [0.5, 0.6) is 0 Å². The van der Waals surface area contributed by atoms with Crippen molar-refractivity contribution in [3.63, 3.8) is 0 Å². The molecule has 3 nitrogen and oxygen atoms in total. The lowest BCUT2D eigenvalue weighted by Gasteiger charge is -2.35. The fourth-order valence-electron chi connectivity index (χ4n) is 3.25. The number of hydrogen-bond donors (Lipinski definition) is 1. The van der Waals surface area contributed by atoms with Crippen molar-refractivity contribution in [2.75, 3.05) is 43.9 Å². The van der Waals surface area contributed by atoms with Gasteiger partial charge in [0.2, 0.25) is 0 Å².